The fourth-order valence-corrected chi connectivity index (χ4v) is 9.18. The van der Waals surface area contributed by atoms with Crippen LogP contribution in [0, 0.1) is 23.2 Å². The maximum absolute atomic E-state index is 14.7. The van der Waals surface area contributed by atoms with Crippen molar-refractivity contribution in [3.63, 3.8) is 0 Å². The molecule has 8 atom stereocenters. The first-order chi connectivity index (χ1) is 27.6. The number of pyridine rings is 1. The van der Waals surface area contributed by atoms with Crippen LogP contribution >= 0.6 is 11.6 Å². The molecular weight excluding hydrogens is 768 g/mol. The molecule has 0 spiro atoms. The zero-order valence-corrected chi connectivity index (χ0v) is 35.2. The van der Waals surface area contributed by atoms with E-state index in [1.54, 1.807) is 12.1 Å². The maximum atomic E-state index is 14.7. The molecule has 58 heavy (non-hydrogen) atoms. The number of rotatable bonds is 15. The number of nitrogens with one attached hydrogen (secondary N) is 3. The Kier molecular flexibility index (Phi) is 12.2. The van der Waals surface area contributed by atoms with E-state index in [1.165, 1.54) is 11.3 Å². The standard InChI is InChI=1S/C42H59ClN6O9/c1-7-26-21-42(26,39(52)53)47-37(50)30-19-28(22-49(30)38(51)36(41(4,5)6)46-40(54)58-27-17-24-16-25(24)18-27)57-32-20-33(44-23(2)3)45-35-29(32)8-9-31(34(35)43)56-15-12-48-10-13-55-14-11-48/h8-9,20,23-28,30,36H,7,10-19,21-22H2,1-6H3,(H,44,45)(H,46,54)(H,47,50)(H,52,53)/t24-,25+,26-,27+,28-,30+,36-,42-/m1/s1. The predicted octanol–water partition coefficient (Wildman–Crippen LogP) is 5.08. The largest absolute Gasteiger partial charge is 0.491 e. The van der Waals surface area contributed by atoms with Gasteiger partial charge < -0.3 is 44.9 Å². The second-order valence-electron chi connectivity index (χ2n) is 18.1. The number of anilines is 1. The third-order valence-electron chi connectivity index (χ3n) is 12.4. The van der Waals surface area contributed by atoms with E-state index >= 15 is 0 Å². The van der Waals surface area contributed by atoms with Crippen molar-refractivity contribution in [2.75, 3.05) is 51.3 Å². The van der Waals surface area contributed by atoms with Gasteiger partial charge in [0.1, 0.15) is 58.8 Å². The summed E-state index contributed by atoms with van der Waals surface area (Å²) in [5, 5.41) is 20.1. The van der Waals surface area contributed by atoms with E-state index in [4.69, 9.17) is 35.5 Å². The Morgan fingerprint density at radius 2 is 1.78 bits per heavy atom. The number of ether oxygens (including phenoxy) is 4. The first-order valence-electron chi connectivity index (χ1n) is 20.9. The molecule has 1 aromatic heterocycles. The Labute approximate surface area is 345 Å². The van der Waals surface area contributed by atoms with Gasteiger partial charge >= 0.3 is 12.1 Å². The second kappa shape index (κ2) is 16.9. The number of morpholine rings is 1. The van der Waals surface area contributed by atoms with Crippen molar-refractivity contribution in [1.82, 2.24) is 25.4 Å². The fourth-order valence-electron chi connectivity index (χ4n) is 8.92. The Morgan fingerprint density at radius 1 is 1.05 bits per heavy atom. The highest BCUT2D eigenvalue weighted by atomic mass is 35.5. The first kappa shape index (κ1) is 42.1. The highest BCUT2D eigenvalue weighted by molar-refractivity contribution is 6.36. The van der Waals surface area contributed by atoms with Gasteiger partial charge in [-0.15, -0.1) is 0 Å². The quantitative estimate of drug-likeness (QED) is 0.188. The molecule has 318 valence electrons. The number of nitrogens with zero attached hydrogens (tertiary/aromatic N) is 3. The molecule has 0 unspecified atom stereocenters. The van der Waals surface area contributed by atoms with Gasteiger partial charge in [-0.2, -0.15) is 0 Å². The summed E-state index contributed by atoms with van der Waals surface area (Å²) in [6.45, 7) is 15.6. The van der Waals surface area contributed by atoms with Gasteiger partial charge in [0.2, 0.25) is 11.8 Å². The minimum Gasteiger partial charge on any atom is -0.491 e. The van der Waals surface area contributed by atoms with Crippen molar-refractivity contribution in [1.29, 1.82) is 0 Å². The van der Waals surface area contributed by atoms with Crippen LogP contribution in [0.15, 0.2) is 18.2 Å². The lowest BCUT2D eigenvalue weighted by atomic mass is 9.85. The number of aromatic nitrogens is 1. The summed E-state index contributed by atoms with van der Waals surface area (Å²) in [7, 11) is 0. The molecule has 3 aliphatic carbocycles. The summed E-state index contributed by atoms with van der Waals surface area (Å²) in [6.07, 6.45) is 2.25. The van der Waals surface area contributed by atoms with Crippen LogP contribution in [-0.4, -0.2) is 126 Å². The van der Waals surface area contributed by atoms with Gasteiger partial charge in [-0.25, -0.2) is 14.6 Å². The van der Waals surface area contributed by atoms with Crippen molar-refractivity contribution >= 4 is 52.2 Å². The van der Waals surface area contributed by atoms with Crippen LogP contribution in [0.1, 0.15) is 80.1 Å². The van der Waals surface area contributed by atoms with E-state index in [0.29, 0.717) is 77.7 Å². The molecule has 15 nitrogen and oxygen atoms in total. The zero-order chi connectivity index (χ0) is 41.5. The molecule has 1 aromatic carbocycles. The lowest BCUT2D eigenvalue weighted by molar-refractivity contribution is -0.146. The van der Waals surface area contributed by atoms with Gasteiger partial charge in [0.25, 0.3) is 0 Å². The van der Waals surface area contributed by atoms with Gasteiger partial charge in [0, 0.05) is 43.5 Å². The molecule has 2 aliphatic heterocycles. The number of halogens is 1. The highest BCUT2D eigenvalue weighted by Gasteiger charge is 2.61. The summed E-state index contributed by atoms with van der Waals surface area (Å²) in [4.78, 5) is 63.1. The van der Waals surface area contributed by atoms with Crippen molar-refractivity contribution in [3.8, 4) is 11.5 Å². The molecular formula is C42H59ClN6O9. The Bertz CT molecular complexity index is 1880. The van der Waals surface area contributed by atoms with Crippen molar-refractivity contribution in [2.24, 2.45) is 23.2 Å². The third-order valence-corrected chi connectivity index (χ3v) is 12.7. The number of hydrogen-bond donors (Lipinski definition) is 4. The summed E-state index contributed by atoms with van der Waals surface area (Å²) >= 11 is 6.99. The summed E-state index contributed by atoms with van der Waals surface area (Å²) in [5.74, 6) is 0.265. The topological polar surface area (TPSA) is 181 Å². The normalized spacial score (nSPS) is 28.4. The van der Waals surface area contributed by atoms with Crippen LogP contribution in [-0.2, 0) is 23.9 Å². The molecule has 2 saturated heterocycles. The van der Waals surface area contributed by atoms with E-state index < -0.39 is 53.0 Å². The number of likely N-dealkylation sites (tertiary alicyclic amines) is 1. The van der Waals surface area contributed by atoms with Gasteiger partial charge in [-0.3, -0.25) is 14.5 Å². The summed E-state index contributed by atoms with van der Waals surface area (Å²) < 4.78 is 24.1. The number of carbonyl (C=O) groups is 4. The van der Waals surface area contributed by atoms with Crippen LogP contribution < -0.4 is 25.4 Å². The number of hydrogen-bond acceptors (Lipinski definition) is 11. The predicted molar refractivity (Wildman–Crippen MR) is 217 cm³/mol. The third kappa shape index (κ3) is 9.21. The highest BCUT2D eigenvalue weighted by Crippen LogP contribution is 2.52. The minimum absolute atomic E-state index is 0.00326. The number of benzene rings is 1. The molecule has 5 fully saturated rings. The van der Waals surface area contributed by atoms with Crippen LogP contribution in [0.25, 0.3) is 10.9 Å². The van der Waals surface area contributed by atoms with E-state index in [0.717, 1.165) is 32.5 Å². The minimum atomic E-state index is -1.40. The molecule has 16 heteroatoms. The van der Waals surface area contributed by atoms with E-state index in [-0.39, 0.29) is 31.0 Å². The Hall–Kier alpha value is -4.08. The molecule has 3 heterocycles. The summed E-state index contributed by atoms with van der Waals surface area (Å²) in [5.41, 5.74) is -1.70. The molecule has 2 aromatic rings. The Morgan fingerprint density at radius 3 is 2.41 bits per heavy atom. The van der Waals surface area contributed by atoms with Crippen molar-refractivity contribution < 1.29 is 43.2 Å². The van der Waals surface area contributed by atoms with Gasteiger partial charge in [0.05, 0.1) is 25.3 Å². The number of fused-ring (bicyclic) bond motifs is 2. The average molecular weight is 827 g/mol. The van der Waals surface area contributed by atoms with Crippen molar-refractivity contribution in [2.45, 2.75) is 116 Å². The van der Waals surface area contributed by atoms with E-state index in [1.807, 2.05) is 47.6 Å². The van der Waals surface area contributed by atoms with E-state index in [2.05, 4.69) is 20.9 Å². The van der Waals surface area contributed by atoms with Gasteiger partial charge in [-0.1, -0.05) is 45.7 Å². The number of carboxylic acids is 1. The van der Waals surface area contributed by atoms with Crippen molar-refractivity contribution in [3.05, 3.63) is 23.2 Å². The lowest BCUT2D eigenvalue weighted by Crippen LogP contribution is -2.59. The number of aliphatic carboxylic acids is 1. The molecule has 0 bridgehead atoms. The molecule has 3 saturated carbocycles. The lowest BCUT2D eigenvalue weighted by Gasteiger charge is -2.35. The molecule has 5 aliphatic rings. The summed E-state index contributed by atoms with van der Waals surface area (Å²) in [6, 6.07) is 3.30. The van der Waals surface area contributed by atoms with E-state index in [9.17, 15) is 24.3 Å². The SMILES string of the molecule is CC[C@@H]1C[C@]1(NC(=O)[C@@H]1C[C@@H](Oc2cc(NC(C)C)nc3c(Cl)c(OCCN4CCOCC4)ccc23)CN1C(=O)[C@@H](NC(=O)O[C@@H]1C[C@@H]2C[C@@H]2C1)C(C)(C)C)C(=O)O. The smallest absolute Gasteiger partial charge is 0.408 e. The molecule has 4 N–H and O–H groups in total. The number of amides is 3. The van der Waals surface area contributed by atoms with Crippen LogP contribution in [0.2, 0.25) is 5.02 Å². The molecule has 3 amide bonds. The Balaban J connectivity index is 1.14. The number of alkyl carbamates (subject to hydrolysis) is 1. The van der Waals surface area contributed by atoms with Crippen LogP contribution in [0.5, 0.6) is 11.5 Å². The molecule has 0 radical (unpaired) electrons. The fraction of sp³-hybridized carbons (Fsp3) is 0.690. The number of carbonyl (C=O) groups excluding carboxylic acids is 3. The maximum Gasteiger partial charge on any atom is 0.408 e. The second-order valence-corrected chi connectivity index (χ2v) is 18.5. The van der Waals surface area contributed by atoms with Crippen LogP contribution in [0.3, 0.4) is 0 Å². The number of carboxylic acid groups (broad SMARTS) is 1. The van der Waals surface area contributed by atoms with Gasteiger partial charge in [0.15, 0.2) is 0 Å². The average Bonchev–Trinajstić information content (AvgIpc) is 3.98. The van der Waals surface area contributed by atoms with Crippen LogP contribution in [0.4, 0.5) is 10.6 Å². The zero-order valence-electron chi connectivity index (χ0n) is 34.5. The van der Waals surface area contributed by atoms with Gasteiger partial charge in [-0.05, 0) is 74.8 Å². The first-order valence-corrected chi connectivity index (χ1v) is 21.3. The monoisotopic (exact) mass is 826 g/mol. The molecule has 7 rings (SSSR count).